The van der Waals surface area contributed by atoms with E-state index >= 15 is 0 Å². The lowest BCUT2D eigenvalue weighted by atomic mass is 9.70. The topological polar surface area (TPSA) is 12.0 Å². The van der Waals surface area contributed by atoms with Crippen molar-refractivity contribution in [2.45, 2.75) is 52.5 Å². The summed E-state index contributed by atoms with van der Waals surface area (Å²) in [6.07, 6.45) is 4.44. The first-order chi connectivity index (χ1) is 9.43. The number of nitrogens with one attached hydrogen (secondary N) is 1. The van der Waals surface area contributed by atoms with Crippen molar-refractivity contribution >= 4 is 0 Å². The summed E-state index contributed by atoms with van der Waals surface area (Å²) in [7, 11) is 0. The van der Waals surface area contributed by atoms with Gasteiger partial charge in [-0.3, -0.25) is 0 Å². The van der Waals surface area contributed by atoms with Gasteiger partial charge in [-0.15, -0.1) is 0 Å². The minimum atomic E-state index is -0.361. The van der Waals surface area contributed by atoms with Gasteiger partial charge in [0.15, 0.2) is 0 Å². The van der Waals surface area contributed by atoms with E-state index < -0.39 is 0 Å². The number of hydrogen-bond acceptors (Lipinski definition) is 1. The van der Waals surface area contributed by atoms with Gasteiger partial charge in [0.25, 0.3) is 0 Å². The van der Waals surface area contributed by atoms with Crippen molar-refractivity contribution in [1.29, 1.82) is 0 Å². The summed E-state index contributed by atoms with van der Waals surface area (Å²) < 4.78 is 27.5. The molecule has 0 saturated heterocycles. The van der Waals surface area contributed by atoms with Gasteiger partial charge in [0.1, 0.15) is 11.6 Å². The Kier molecular flexibility index (Phi) is 4.79. The Morgan fingerprint density at radius 1 is 1.25 bits per heavy atom. The van der Waals surface area contributed by atoms with Crippen LogP contribution in [0, 0.1) is 23.0 Å². The van der Waals surface area contributed by atoms with Gasteiger partial charge in [0, 0.05) is 11.6 Å². The third-order valence-electron chi connectivity index (χ3n) is 4.57. The lowest BCUT2D eigenvalue weighted by molar-refractivity contribution is 0.160. The molecule has 1 aromatic rings. The Morgan fingerprint density at radius 2 is 1.90 bits per heavy atom. The van der Waals surface area contributed by atoms with Crippen LogP contribution in [0.1, 0.15) is 58.1 Å². The predicted octanol–water partition coefficient (Wildman–Crippen LogP) is 4.83. The lowest BCUT2D eigenvalue weighted by Crippen LogP contribution is -2.33. The summed E-state index contributed by atoms with van der Waals surface area (Å²) in [5, 5.41) is 3.36. The van der Waals surface area contributed by atoms with Crippen LogP contribution in [0.25, 0.3) is 0 Å². The highest BCUT2D eigenvalue weighted by Gasteiger charge is 2.32. The van der Waals surface area contributed by atoms with Crippen molar-refractivity contribution in [3.8, 4) is 0 Å². The molecule has 3 heteroatoms. The molecule has 2 rings (SSSR count). The number of benzene rings is 1. The van der Waals surface area contributed by atoms with Gasteiger partial charge in [0.2, 0.25) is 0 Å². The maximum Gasteiger partial charge on any atom is 0.128 e. The van der Waals surface area contributed by atoms with Gasteiger partial charge in [-0.2, -0.15) is 0 Å². The molecular formula is C17H25F2N. The van der Waals surface area contributed by atoms with E-state index in [1.54, 1.807) is 0 Å². The Morgan fingerprint density at radius 3 is 2.50 bits per heavy atom. The molecule has 1 saturated carbocycles. The molecule has 0 heterocycles. The number of rotatable bonds is 4. The molecule has 1 N–H and O–H groups in total. The van der Waals surface area contributed by atoms with Crippen LogP contribution >= 0.6 is 0 Å². The molecule has 0 aliphatic heterocycles. The van der Waals surface area contributed by atoms with Crippen molar-refractivity contribution in [3.05, 3.63) is 35.4 Å². The maximum atomic E-state index is 14.0. The molecule has 0 radical (unpaired) electrons. The Bertz CT molecular complexity index is 446. The van der Waals surface area contributed by atoms with E-state index in [1.165, 1.54) is 18.2 Å². The van der Waals surface area contributed by atoms with E-state index in [9.17, 15) is 8.78 Å². The maximum absolute atomic E-state index is 14.0. The molecule has 1 aromatic carbocycles. The molecule has 0 aromatic heterocycles. The van der Waals surface area contributed by atoms with Gasteiger partial charge in [-0.05, 0) is 61.8 Å². The highest BCUT2D eigenvalue weighted by Crippen LogP contribution is 2.43. The Balaban J connectivity index is 2.21. The molecule has 1 fully saturated rings. The average Bonchev–Trinajstić information content (AvgIpc) is 2.40. The summed E-state index contributed by atoms with van der Waals surface area (Å²) in [4.78, 5) is 0. The van der Waals surface area contributed by atoms with E-state index in [2.05, 4.69) is 19.2 Å². The normalized spacial score (nSPS) is 20.9. The van der Waals surface area contributed by atoms with Crippen LogP contribution in [0.4, 0.5) is 8.78 Å². The zero-order chi connectivity index (χ0) is 14.8. The average molecular weight is 281 g/mol. The van der Waals surface area contributed by atoms with Crippen molar-refractivity contribution < 1.29 is 8.78 Å². The molecule has 0 amide bonds. The van der Waals surface area contributed by atoms with E-state index in [-0.39, 0.29) is 17.7 Å². The lowest BCUT2D eigenvalue weighted by Gasteiger charge is -2.38. The molecule has 0 bridgehead atoms. The van der Waals surface area contributed by atoms with E-state index in [0.717, 1.165) is 32.2 Å². The van der Waals surface area contributed by atoms with Crippen LogP contribution in [0.15, 0.2) is 18.2 Å². The van der Waals surface area contributed by atoms with E-state index in [4.69, 9.17) is 0 Å². The fourth-order valence-electron chi connectivity index (χ4n) is 3.26. The largest absolute Gasteiger partial charge is 0.310 e. The fraction of sp³-hybridized carbons (Fsp3) is 0.647. The molecule has 112 valence electrons. The molecular weight excluding hydrogens is 256 g/mol. The van der Waals surface area contributed by atoms with Crippen LogP contribution in [0.5, 0.6) is 0 Å². The molecule has 1 nitrogen and oxygen atoms in total. The molecule has 20 heavy (non-hydrogen) atoms. The first-order valence-electron chi connectivity index (χ1n) is 7.61. The molecule has 1 aliphatic carbocycles. The fourth-order valence-corrected chi connectivity index (χ4v) is 3.26. The monoisotopic (exact) mass is 281 g/mol. The number of hydrogen-bond donors (Lipinski definition) is 1. The first kappa shape index (κ1) is 15.4. The van der Waals surface area contributed by atoms with Crippen LogP contribution < -0.4 is 5.32 Å². The molecule has 0 spiro atoms. The Labute approximate surface area is 120 Å². The third kappa shape index (κ3) is 3.57. The summed E-state index contributed by atoms with van der Waals surface area (Å²) in [5.74, 6) is -0.276. The van der Waals surface area contributed by atoms with Crippen LogP contribution in [-0.2, 0) is 0 Å². The minimum Gasteiger partial charge on any atom is -0.310 e. The van der Waals surface area contributed by atoms with Crippen molar-refractivity contribution in [2.24, 2.45) is 11.3 Å². The van der Waals surface area contributed by atoms with E-state index in [0.29, 0.717) is 16.9 Å². The predicted molar refractivity (Wildman–Crippen MR) is 78.5 cm³/mol. The van der Waals surface area contributed by atoms with Gasteiger partial charge < -0.3 is 5.32 Å². The molecule has 1 unspecified atom stereocenters. The van der Waals surface area contributed by atoms with Gasteiger partial charge in [0.05, 0.1) is 0 Å². The summed E-state index contributed by atoms with van der Waals surface area (Å²) >= 11 is 0. The first-order valence-corrected chi connectivity index (χ1v) is 7.61. The highest BCUT2D eigenvalue weighted by molar-refractivity contribution is 5.23. The smallest absolute Gasteiger partial charge is 0.128 e. The standard InChI is InChI=1S/C17H25F2N/c1-4-20-16(12-7-9-17(2,3)10-8-12)14-11-13(18)5-6-15(14)19/h5-6,11-12,16,20H,4,7-10H2,1-3H3. The van der Waals surface area contributed by atoms with Crippen molar-refractivity contribution in [3.63, 3.8) is 0 Å². The molecule has 1 atom stereocenters. The van der Waals surface area contributed by atoms with Gasteiger partial charge in [-0.1, -0.05) is 20.8 Å². The van der Waals surface area contributed by atoms with E-state index in [1.807, 2.05) is 6.92 Å². The number of halogens is 2. The summed E-state index contributed by atoms with van der Waals surface area (Å²) in [5.41, 5.74) is 0.866. The van der Waals surface area contributed by atoms with Crippen LogP contribution in [-0.4, -0.2) is 6.54 Å². The van der Waals surface area contributed by atoms with Gasteiger partial charge in [-0.25, -0.2) is 8.78 Å². The Hall–Kier alpha value is -0.960. The van der Waals surface area contributed by atoms with Crippen molar-refractivity contribution in [2.75, 3.05) is 6.54 Å². The van der Waals surface area contributed by atoms with Crippen LogP contribution in [0.2, 0.25) is 0 Å². The zero-order valence-corrected chi connectivity index (χ0v) is 12.7. The van der Waals surface area contributed by atoms with Crippen molar-refractivity contribution in [1.82, 2.24) is 5.32 Å². The quantitative estimate of drug-likeness (QED) is 0.833. The highest BCUT2D eigenvalue weighted by atomic mass is 19.1. The second-order valence-corrected chi connectivity index (χ2v) is 6.70. The summed E-state index contributed by atoms with van der Waals surface area (Å²) in [6, 6.07) is 3.70. The zero-order valence-electron chi connectivity index (χ0n) is 12.7. The van der Waals surface area contributed by atoms with Crippen LogP contribution in [0.3, 0.4) is 0 Å². The molecule has 1 aliphatic rings. The van der Waals surface area contributed by atoms with Gasteiger partial charge >= 0.3 is 0 Å². The SMILES string of the molecule is CCNC(c1cc(F)ccc1F)C1CCC(C)(C)CC1. The third-order valence-corrected chi connectivity index (χ3v) is 4.57. The second kappa shape index (κ2) is 6.21. The second-order valence-electron chi connectivity index (χ2n) is 6.70. The summed E-state index contributed by atoms with van der Waals surface area (Å²) in [6.45, 7) is 7.35. The minimum absolute atomic E-state index is 0.0770.